The third-order valence-corrected chi connectivity index (χ3v) is 4.13. The first kappa shape index (κ1) is 14.5. The molecule has 0 aliphatic rings. The van der Waals surface area contributed by atoms with Gasteiger partial charge < -0.3 is 9.67 Å². The van der Waals surface area contributed by atoms with E-state index in [9.17, 15) is 4.79 Å². The normalized spacial score (nSPS) is 11.0. The first-order chi connectivity index (χ1) is 10.7. The molecule has 2 aromatic heterocycles. The Morgan fingerprint density at radius 2 is 2.09 bits per heavy atom. The first-order valence-corrected chi connectivity index (χ1v) is 7.80. The van der Waals surface area contributed by atoms with Crippen molar-refractivity contribution in [2.24, 2.45) is 0 Å². The molecule has 0 fully saturated rings. The van der Waals surface area contributed by atoms with Crippen molar-refractivity contribution in [3.05, 3.63) is 48.0 Å². The fourth-order valence-electron chi connectivity index (χ4n) is 2.26. The summed E-state index contributed by atoms with van der Waals surface area (Å²) in [6.45, 7) is 2.81. The molecule has 3 rings (SSSR count). The summed E-state index contributed by atoms with van der Waals surface area (Å²) in [6, 6.07) is 6.80. The monoisotopic (exact) mass is 314 g/mol. The highest BCUT2D eigenvalue weighted by atomic mass is 32.2. The molecule has 0 bridgehead atoms. The number of hydrogen-bond acceptors (Lipinski definition) is 5. The van der Waals surface area contributed by atoms with Crippen molar-refractivity contribution in [1.82, 2.24) is 19.5 Å². The Hall–Kier alpha value is -2.41. The van der Waals surface area contributed by atoms with Crippen LogP contribution >= 0.6 is 11.8 Å². The molecule has 0 radical (unpaired) electrons. The van der Waals surface area contributed by atoms with Gasteiger partial charge >= 0.3 is 5.97 Å². The maximum absolute atomic E-state index is 11.1. The van der Waals surface area contributed by atoms with Gasteiger partial charge in [0.2, 0.25) is 0 Å². The van der Waals surface area contributed by atoms with Crippen molar-refractivity contribution in [3.63, 3.8) is 0 Å². The summed E-state index contributed by atoms with van der Waals surface area (Å²) in [5.41, 5.74) is 1.89. The lowest BCUT2D eigenvalue weighted by atomic mass is 10.2. The van der Waals surface area contributed by atoms with Gasteiger partial charge in [-0.2, -0.15) is 0 Å². The zero-order valence-corrected chi connectivity index (χ0v) is 12.7. The van der Waals surface area contributed by atoms with E-state index in [0.29, 0.717) is 16.4 Å². The van der Waals surface area contributed by atoms with Gasteiger partial charge in [0.25, 0.3) is 0 Å². The molecular formula is C15H14N4O2S. The number of carboxylic acid groups (broad SMARTS) is 1. The number of fused-ring (bicyclic) bond motifs is 1. The minimum Gasteiger partial charge on any atom is -0.478 e. The third kappa shape index (κ3) is 2.80. The van der Waals surface area contributed by atoms with Crippen molar-refractivity contribution in [2.75, 3.05) is 0 Å². The molecule has 0 aliphatic carbocycles. The number of aryl methyl sites for hydroxylation is 1. The van der Waals surface area contributed by atoms with Crippen LogP contribution in [0.2, 0.25) is 0 Å². The average molecular weight is 314 g/mol. The summed E-state index contributed by atoms with van der Waals surface area (Å²) in [6.07, 6.45) is 3.41. The number of benzene rings is 1. The second kappa shape index (κ2) is 6.15. The Labute approximate surface area is 131 Å². The van der Waals surface area contributed by atoms with E-state index in [4.69, 9.17) is 5.11 Å². The van der Waals surface area contributed by atoms with Gasteiger partial charge in [0.05, 0.1) is 22.3 Å². The SMILES string of the molecule is CCn1c(CSc2ncccn2)nc2cc(C(=O)O)ccc21. The van der Waals surface area contributed by atoms with E-state index < -0.39 is 5.97 Å². The predicted molar refractivity (Wildman–Crippen MR) is 84.0 cm³/mol. The maximum atomic E-state index is 11.1. The van der Waals surface area contributed by atoms with Crippen LogP contribution in [-0.4, -0.2) is 30.6 Å². The summed E-state index contributed by atoms with van der Waals surface area (Å²) in [5, 5.41) is 9.77. The van der Waals surface area contributed by atoms with Gasteiger partial charge in [0.15, 0.2) is 5.16 Å². The molecule has 0 saturated carbocycles. The van der Waals surface area contributed by atoms with Gasteiger partial charge in [-0.3, -0.25) is 0 Å². The van der Waals surface area contributed by atoms with Gasteiger partial charge in [0.1, 0.15) is 5.82 Å². The molecule has 3 aromatic rings. The molecule has 0 unspecified atom stereocenters. The summed E-state index contributed by atoms with van der Waals surface area (Å²) in [5.74, 6) is 0.577. The van der Waals surface area contributed by atoms with Crippen molar-refractivity contribution in [1.29, 1.82) is 0 Å². The zero-order chi connectivity index (χ0) is 15.5. The maximum Gasteiger partial charge on any atom is 0.335 e. The number of aromatic carboxylic acids is 1. The lowest BCUT2D eigenvalue weighted by molar-refractivity contribution is 0.0697. The van der Waals surface area contributed by atoms with Crippen LogP contribution in [0.5, 0.6) is 0 Å². The molecule has 1 aromatic carbocycles. The molecule has 7 heteroatoms. The van der Waals surface area contributed by atoms with Crippen molar-refractivity contribution < 1.29 is 9.90 Å². The van der Waals surface area contributed by atoms with Crippen LogP contribution in [-0.2, 0) is 12.3 Å². The van der Waals surface area contributed by atoms with Crippen LogP contribution in [0.4, 0.5) is 0 Å². The van der Waals surface area contributed by atoms with E-state index in [1.807, 2.05) is 13.0 Å². The fraction of sp³-hybridized carbons (Fsp3) is 0.200. The van der Waals surface area contributed by atoms with Gasteiger partial charge in [-0.15, -0.1) is 0 Å². The minimum atomic E-state index is -0.943. The van der Waals surface area contributed by atoms with E-state index >= 15 is 0 Å². The Balaban J connectivity index is 1.93. The predicted octanol–water partition coefficient (Wildman–Crippen LogP) is 2.84. The minimum absolute atomic E-state index is 0.249. The zero-order valence-electron chi connectivity index (χ0n) is 11.9. The second-order valence-corrected chi connectivity index (χ2v) is 5.54. The lowest BCUT2D eigenvalue weighted by Crippen LogP contribution is -2.01. The van der Waals surface area contributed by atoms with Crippen LogP contribution in [0.25, 0.3) is 11.0 Å². The van der Waals surface area contributed by atoms with Gasteiger partial charge in [-0.05, 0) is 31.2 Å². The molecule has 22 heavy (non-hydrogen) atoms. The molecule has 1 N–H and O–H groups in total. The fourth-order valence-corrected chi connectivity index (χ4v) is 3.01. The summed E-state index contributed by atoms with van der Waals surface area (Å²) < 4.78 is 2.08. The van der Waals surface area contributed by atoms with Crippen LogP contribution < -0.4 is 0 Å². The van der Waals surface area contributed by atoms with Crippen molar-refractivity contribution in [3.8, 4) is 0 Å². The summed E-state index contributed by atoms with van der Waals surface area (Å²) in [4.78, 5) is 24.0. The number of thioether (sulfide) groups is 1. The summed E-state index contributed by atoms with van der Waals surface area (Å²) in [7, 11) is 0. The number of carbonyl (C=O) groups is 1. The molecule has 0 amide bonds. The molecule has 0 spiro atoms. The quantitative estimate of drug-likeness (QED) is 0.576. The standard InChI is InChI=1S/C15H14N4O2S/c1-2-19-12-5-4-10(14(20)21)8-11(12)18-13(19)9-22-15-16-6-3-7-17-15/h3-8H,2,9H2,1H3,(H,20,21). The Kier molecular flexibility index (Phi) is 4.06. The highest BCUT2D eigenvalue weighted by Gasteiger charge is 2.12. The largest absolute Gasteiger partial charge is 0.478 e. The smallest absolute Gasteiger partial charge is 0.335 e. The lowest BCUT2D eigenvalue weighted by Gasteiger charge is -2.05. The van der Waals surface area contributed by atoms with Gasteiger partial charge in [-0.25, -0.2) is 19.7 Å². The summed E-state index contributed by atoms with van der Waals surface area (Å²) >= 11 is 1.51. The van der Waals surface area contributed by atoms with E-state index in [-0.39, 0.29) is 5.56 Å². The number of rotatable bonds is 5. The van der Waals surface area contributed by atoms with E-state index in [0.717, 1.165) is 17.9 Å². The van der Waals surface area contributed by atoms with Gasteiger partial charge in [-0.1, -0.05) is 11.8 Å². The third-order valence-electron chi connectivity index (χ3n) is 3.26. The Morgan fingerprint density at radius 3 is 2.77 bits per heavy atom. The topological polar surface area (TPSA) is 80.9 Å². The second-order valence-electron chi connectivity index (χ2n) is 4.60. The Morgan fingerprint density at radius 1 is 1.32 bits per heavy atom. The van der Waals surface area contributed by atoms with Crippen molar-refractivity contribution >= 4 is 28.8 Å². The van der Waals surface area contributed by atoms with E-state index in [1.165, 1.54) is 11.8 Å². The molecule has 0 saturated heterocycles. The average Bonchev–Trinajstić information content (AvgIpc) is 2.90. The number of hydrogen-bond donors (Lipinski definition) is 1. The number of imidazole rings is 1. The van der Waals surface area contributed by atoms with E-state index in [1.54, 1.807) is 30.6 Å². The number of carboxylic acids is 1. The number of nitrogens with zero attached hydrogens (tertiary/aromatic N) is 4. The van der Waals surface area contributed by atoms with E-state index in [2.05, 4.69) is 19.5 Å². The number of aromatic nitrogens is 4. The van der Waals surface area contributed by atoms with Crippen LogP contribution in [0.15, 0.2) is 41.8 Å². The molecule has 2 heterocycles. The first-order valence-electron chi connectivity index (χ1n) is 6.81. The Bertz CT molecular complexity index is 817. The van der Waals surface area contributed by atoms with Gasteiger partial charge in [0, 0.05) is 18.9 Å². The van der Waals surface area contributed by atoms with Crippen LogP contribution in [0, 0.1) is 0 Å². The van der Waals surface area contributed by atoms with Crippen LogP contribution in [0.1, 0.15) is 23.1 Å². The molecule has 0 atom stereocenters. The highest BCUT2D eigenvalue weighted by molar-refractivity contribution is 7.98. The molecular weight excluding hydrogens is 300 g/mol. The highest BCUT2D eigenvalue weighted by Crippen LogP contribution is 2.23. The molecule has 0 aliphatic heterocycles. The van der Waals surface area contributed by atoms with Crippen molar-refractivity contribution in [2.45, 2.75) is 24.4 Å². The molecule has 6 nitrogen and oxygen atoms in total. The molecule has 112 valence electrons. The van der Waals surface area contributed by atoms with Crippen LogP contribution in [0.3, 0.4) is 0 Å².